The predicted molar refractivity (Wildman–Crippen MR) is 86.8 cm³/mol. The lowest BCUT2D eigenvalue weighted by molar-refractivity contribution is 0.182. The van der Waals surface area contributed by atoms with Gasteiger partial charge in [-0.25, -0.2) is 8.42 Å². The molecule has 0 bridgehead atoms. The van der Waals surface area contributed by atoms with Crippen LogP contribution in [-0.2, 0) is 16.6 Å². The minimum atomic E-state index is -3.40. The first-order valence-corrected chi connectivity index (χ1v) is 9.19. The summed E-state index contributed by atoms with van der Waals surface area (Å²) in [7, 11) is -3.40. The first kappa shape index (κ1) is 16.9. The monoisotopic (exact) mass is 321 g/mol. The summed E-state index contributed by atoms with van der Waals surface area (Å²) in [6.45, 7) is 7.54. The summed E-state index contributed by atoms with van der Waals surface area (Å²) in [5, 5.41) is 8.58. The minimum Gasteiger partial charge on any atom is -0.296 e. The predicted octanol–water partition coefficient (Wildman–Crippen LogP) is 1.78. The molecule has 0 spiro atoms. The second kappa shape index (κ2) is 7.23. The molecule has 0 atom stereocenters. The minimum absolute atomic E-state index is 0.427. The molecular weight excluding hydrogens is 298 g/mol. The summed E-state index contributed by atoms with van der Waals surface area (Å²) in [6.07, 6.45) is 0. The fraction of sp³-hybridized carbons (Fsp3) is 0.562. The number of benzene rings is 1. The van der Waals surface area contributed by atoms with Crippen molar-refractivity contribution < 1.29 is 8.42 Å². The molecule has 0 aromatic heterocycles. The quantitative estimate of drug-likeness (QED) is 0.829. The maximum absolute atomic E-state index is 11.9. The molecule has 1 fully saturated rings. The van der Waals surface area contributed by atoms with Crippen molar-refractivity contribution in [1.82, 2.24) is 9.21 Å². The SMILES string of the molecule is CC(C)c1cccc(CN2CCN(S(=O)(=O)CC#N)CC2)c1. The van der Waals surface area contributed by atoms with Gasteiger partial charge in [0.15, 0.2) is 5.75 Å². The van der Waals surface area contributed by atoms with Crippen LogP contribution in [-0.4, -0.2) is 49.6 Å². The lowest BCUT2D eigenvalue weighted by Crippen LogP contribution is -2.48. The van der Waals surface area contributed by atoms with Crippen LogP contribution in [0.3, 0.4) is 0 Å². The van der Waals surface area contributed by atoms with Crippen LogP contribution in [0.15, 0.2) is 24.3 Å². The molecule has 1 heterocycles. The summed E-state index contributed by atoms with van der Waals surface area (Å²) in [4.78, 5) is 2.26. The van der Waals surface area contributed by atoms with E-state index in [9.17, 15) is 8.42 Å². The molecule has 1 aromatic carbocycles. The van der Waals surface area contributed by atoms with Crippen molar-refractivity contribution >= 4 is 10.0 Å². The first-order chi connectivity index (χ1) is 10.4. The van der Waals surface area contributed by atoms with Crippen molar-refractivity contribution in [2.45, 2.75) is 26.3 Å². The highest BCUT2D eigenvalue weighted by Crippen LogP contribution is 2.17. The Balaban J connectivity index is 1.93. The van der Waals surface area contributed by atoms with Gasteiger partial charge < -0.3 is 0 Å². The lowest BCUT2D eigenvalue weighted by atomic mass is 10.0. The van der Waals surface area contributed by atoms with Gasteiger partial charge in [0, 0.05) is 32.7 Å². The van der Waals surface area contributed by atoms with Crippen molar-refractivity contribution in [2.24, 2.45) is 0 Å². The zero-order valence-corrected chi connectivity index (χ0v) is 14.0. The molecule has 1 aliphatic heterocycles. The second-order valence-electron chi connectivity index (χ2n) is 5.99. The van der Waals surface area contributed by atoms with Gasteiger partial charge in [-0.3, -0.25) is 4.90 Å². The largest absolute Gasteiger partial charge is 0.296 e. The molecule has 0 saturated carbocycles. The van der Waals surface area contributed by atoms with Gasteiger partial charge in [0.25, 0.3) is 0 Å². The first-order valence-electron chi connectivity index (χ1n) is 7.58. The molecule has 6 heteroatoms. The van der Waals surface area contributed by atoms with Gasteiger partial charge in [0.2, 0.25) is 10.0 Å². The molecule has 5 nitrogen and oxygen atoms in total. The van der Waals surface area contributed by atoms with E-state index in [1.807, 2.05) is 0 Å². The van der Waals surface area contributed by atoms with Crippen molar-refractivity contribution in [2.75, 3.05) is 31.9 Å². The highest BCUT2D eigenvalue weighted by Gasteiger charge is 2.26. The van der Waals surface area contributed by atoms with Crippen LogP contribution >= 0.6 is 0 Å². The molecule has 0 radical (unpaired) electrons. The van der Waals surface area contributed by atoms with Crippen LogP contribution in [0.1, 0.15) is 30.9 Å². The van der Waals surface area contributed by atoms with Crippen molar-refractivity contribution in [1.29, 1.82) is 5.26 Å². The van der Waals surface area contributed by atoms with Crippen molar-refractivity contribution in [3.8, 4) is 6.07 Å². The van der Waals surface area contributed by atoms with E-state index in [1.165, 1.54) is 15.4 Å². The number of hydrogen-bond acceptors (Lipinski definition) is 4. The number of nitrogens with zero attached hydrogens (tertiary/aromatic N) is 3. The van der Waals surface area contributed by atoms with E-state index in [0.717, 1.165) is 6.54 Å². The van der Waals surface area contributed by atoms with Gasteiger partial charge in [0.1, 0.15) is 0 Å². The van der Waals surface area contributed by atoms with Crippen LogP contribution in [0.4, 0.5) is 0 Å². The van der Waals surface area contributed by atoms with Crippen molar-refractivity contribution in [3.05, 3.63) is 35.4 Å². The highest BCUT2D eigenvalue weighted by atomic mass is 32.2. The summed E-state index contributed by atoms with van der Waals surface area (Å²) in [6, 6.07) is 10.3. The number of hydrogen-bond donors (Lipinski definition) is 0. The average Bonchev–Trinajstić information content (AvgIpc) is 2.48. The summed E-state index contributed by atoms with van der Waals surface area (Å²) in [5.41, 5.74) is 2.59. The van der Waals surface area contributed by atoms with Crippen LogP contribution in [0, 0.1) is 11.3 Å². The fourth-order valence-electron chi connectivity index (χ4n) is 2.65. The van der Waals surface area contributed by atoms with Gasteiger partial charge in [-0.15, -0.1) is 0 Å². The normalized spacial score (nSPS) is 17.5. The lowest BCUT2D eigenvalue weighted by Gasteiger charge is -2.33. The number of rotatable bonds is 5. The topological polar surface area (TPSA) is 64.4 Å². The molecule has 120 valence electrons. The van der Waals surface area contributed by atoms with E-state index >= 15 is 0 Å². The smallest absolute Gasteiger partial charge is 0.227 e. The Kier molecular flexibility index (Phi) is 5.57. The summed E-state index contributed by atoms with van der Waals surface area (Å²) < 4.78 is 25.1. The van der Waals surface area contributed by atoms with Crippen LogP contribution in [0.2, 0.25) is 0 Å². The Bertz CT molecular complexity index is 642. The number of sulfonamides is 1. The molecule has 1 aromatic rings. The number of piperazine rings is 1. The summed E-state index contributed by atoms with van der Waals surface area (Å²) >= 11 is 0. The summed E-state index contributed by atoms with van der Waals surface area (Å²) in [5.74, 6) is 0.0802. The maximum Gasteiger partial charge on any atom is 0.227 e. The van der Waals surface area contributed by atoms with Crippen LogP contribution in [0.25, 0.3) is 0 Å². The molecule has 1 saturated heterocycles. The van der Waals surface area contributed by atoms with Gasteiger partial charge in [-0.05, 0) is 17.0 Å². The second-order valence-corrected chi connectivity index (χ2v) is 7.96. The standard InChI is InChI=1S/C16H23N3O2S/c1-14(2)16-5-3-4-15(12-16)13-18-7-9-19(10-8-18)22(20,21)11-6-17/h3-5,12,14H,7-11,13H2,1-2H3. The van der Waals surface area contributed by atoms with E-state index in [0.29, 0.717) is 32.1 Å². The van der Waals surface area contributed by atoms with Gasteiger partial charge in [-0.1, -0.05) is 38.1 Å². The van der Waals surface area contributed by atoms with Crippen molar-refractivity contribution in [3.63, 3.8) is 0 Å². The molecule has 0 unspecified atom stereocenters. The third-order valence-corrected chi connectivity index (χ3v) is 5.64. The third kappa shape index (κ3) is 4.29. The van der Waals surface area contributed by atoms with Gasteiger partial charge >= 0.3 is 0 Å². The van der Waals surface area contributed by atoms with E-state index in [1.54, 1.807) is 6.07 Å². The fourth-order valence-corrected chi connectivity index (χ4v) is 3.71. The third-order valence-electron chi connectivity index (χ3n) is 4.00. The van der Waals surface area contributed by atoms with Crippen LogP contribution < -0.4 is 0 Å². The van der Waals surface area contributed by atoms with Gasteiger partial charge in [0.05, 0.1) is 6.07 Å². The molecule has 2 rings (SSSR count). The Labute approximate surface area is 133 Å². The molecule has 0 aliphatic carbocycles. The molecule has 0 N–H and O–H groups in total. The van der Waals surface area contributed by atoms with E-state index in [2.05, 4.69) is 43.0 Å². The van der Waals surface area contributed by atoms with E-state index in [4.69, 9.17) is 5.26 Å². The molecule has 0 amide bonds. The van der Waals surface area contributed by atoms with Crippen LogP contribution in [0.5, 0.6) is 0 Å². The Morgan fingerprint density at radius 3 is 2.50 bits per heavy atom. The molecule has 22 heavy (non-hydrogen) atoms. The highest BCUT2D eigenvalue weighted by molar-refractivity contribution is 7.89. The molecule has 1 aliphatic rings. The Morgan fingerprint density at radius 1 is 1.23 bits per heavy atom. The zero-order valence-electron chi connectivity index (χ0n) is 13.2. The Hall–Kier alpha value is -1.42. The zero-order chi connectivity index (χ0) is 16.2. The van der Waals surface area contributed by atoms with E-state index < -0.39 is 15.8 Å². The average molecular weight is 321 g/mol. The Morgan fingerprint density at radius 2 is 1.91 bits per heavy atom. The number of nitriles is 1. The maximum atomic E-state index is 11.9. The van der Waals surface area contributed by atoms with Gasteiger partial charge in [-0.2, -0.15) is 9.57 Å². The van der Waals surface area contributed by atoms with E-state index in [-0.39, 0.29) is 0 Å². The molecular formula is C16H23N3O2S.